The first-order valence-electron chi connectivity index (χ1n) is 9.53. The maximum atomic E-state index is 10.8. The molecular weight excluding hydrogens is 386 g/mol. The fraction of sp³-hybridized carbons (Fsp3) is 0.261. The van der Waals surface area contributed by atoms with Gasteiger partial charge in [0.2, 0.25) is 0 Å². The first kappa shape index (κ1) is 19.8. The highest BCUT2D eigenvalue weighted by atomic mass is 16.5. The van der Waals surface area contributed by atoms with Crippen molar-refractivity contribution in [3.05, 3.63) is 72.1 Å². The zero-order valence-corrected chi connectivity index (χ0v) is 16.8. The third-order valence-corrected chi connectivity index (χ3v) is 4.81. The van der Waals surface area contributed by atoms with Crippen LogP contribution in [0.4, 0.5) is 0 Å². The average Bonchev–Trinajstić information content (AvgIpc) is 2.80. The fourth-order valence-corrected chi connectivity index (χ4v) is 3.19. The summed E-state index contributed by atoms with van der Waals surface area (Å²) in [6.45, 7) is 0.521. The molecule has 2 unspecified atom stereocenters. The van der Waals surface area contributed by atoms with Crippen molar-refractivity contribution in [1.29, 1.82) is 0 Å². The van der Waals surface area contributed by atoms with Crippen LogP contribution in [0.2, 0.25) is 0 Å². The van der Waals surface area contributed by atoms with E-state index in [9.17, 15) is 5.11 Å². The van der Waals surface area contributed by atoms with Crippen molar-refractivity contribution in [1.82, 2.24) is 4.98 Å². The average molecular weight is 409 g/mol. The van der Waals surface area contributed by atoms with Crippen LogP contribution in [0.25, 0.3) is 0 Å². The van der Waals surface area contributed by atoms with Gasteiger partial charge in [0.1, 0.15) is 48.1 Å². The second-order valence-electron chi connectivity index (χ2n) is 6.76. The summed E-state index contributed by atoms with van der Waals surface area (Å²) in [7, 11) is 3.21. The molecule has 156 valence electrons. The molecule has 0 fully saturated rings. The number of ether oxygens (including phenoxy) is 5. The van der Waals surface area contributed by atoms with Crippen molar-refractivity contribution in [2.75, 3.05) is 20.8 Å². The standard InChI is InChI=1S/C23H23NO6/c1-26-16-3-5-17(6-4-16)30-22-14-29-21-8-7-19(12-20(21)23(22)25)28-13-15-11-18(27-2)9-10-24-15/h3-12,22-23,25H,13-14H2,1-2H3. The van der Waals surface area contributed by atoms with Gasteiger partial charge in [0.25, 0.3) is 0 Å². The lowest BCUT2D eigenvalue weighted by Gasteiger charge is -2.31. The van der Waals surface area contributed by atoms with Crippen LogP contribution in [-0.4, -0.2) is 37.0 Å². The summed E-state index contributed by atoms with van der Waals surface area (Å²) in [5.41, 5.74) is 1.36. The van der Waals surface area contributed by atoms with Crippen molar-refractivity contribution >= 4 is 0 Å². The molecule has 0 aliphatic carbocycles. The van der Waals surface area contributed by atoms with Crippen molar-refractivity contribution in [3.63, 3.8) is 0 Å². The lowest BCUT2D eigenvalue weighted by molar-refractivity contribution is -0.0104. The summed E-state index contributed by atoms with van der Waals surface area (Å²) in [6, 6.07) is 16.1. The number of fused-ring (bicyclic) bond motifs is 1. The van der Waals surface area contributed by atoms with Gasteiger partial charge < -0.3 is 28.8 Å². The van der Waals surface area contributed by atoms with Gasteiger partial charge in [-0.05, 0) is 48.5 Å². The molecule has 1 aliphatic rings. The molecule has 0 saturated carbocycles. The molecule has 0 spiro atoms. The Labute approximate surface area is 174 Å². The topological polar surface area (TPSA) is 79.3 Å². The van der Waals surface area contributed by atoms with E-state index in [0.717, 1.165) is 17.2 Å². The maximum absolute atomic E-state index is 10.8. The Morgan fingerprint density at radius 3 is 2.43 bits per heavy atom. The quantitative estimate of drug-likeness (QED) is 0.639. The molecule has 7 heteroatoms. The molecule has 1 aromatic heterocycles. The molecular formula is C23H23NO6. The Hall–Kier alpha value is -3.45. The number of rotatable bonds is 7. The SMILES string of the molecule is COc1ccc(OC2COc3ccc(OCc4cc(OC)ccn4)cc3C2O)cc1. The van der Waals surface area contributed by atoms with Gasteiger partial charge in [-0.3, -0.25) is 4.98 Å². The number of methoxy groups -OCH3 is 2. The summed E-state index contributed by atoms with van der Waals surface area (Å²) in [4.78, 5) is 4.27. The van der Waals surface area contributed by atoms with Crippen molar-refractivity contribution in [2.45, 2.75) is 18.8 Å². The van der Waals surface area contributed by atoms with E-state index in [1.165, 1.54) is 0 Å². The van der Waals surface area contributed by atoms with E-state index < -0.39 is 12.2 Å². The molecule has 1 aliphatic heterocycles. The largest absolute Gasteiger partial charge is 0.497 e. The highest BCUT2D eigenvalue weighted by Gasteiger charge is 2.31. The molecule has 3 aromatic rings. The van der Waals surface area contributed by atoms with Crippen LogP contribution in [-0.2, 0) is 6.61 Å². The number of pyridine rings is 1. The van der Waals surface area contributed by atoms with E-state index in [1.807, 2.05) is 6.07 Å². The minimum Gasteiger partial charge on any atom is -0.497 e. The van der Waals surface area contributed by atoms with Crippen molar-refractivity contribution in [3.8, 4) is 28.7 Å². The summed E-state index contributed by atoms with van der Waals surface area (Å²) in [5, 5.41) is 10.8. The Bertz CT molecular complexity index is 991. The fourth-order valence-electron chi connectivity index (χ4n) is 3.19. The molecule has 1 N–H and O–H groups in total. The van der Waals surface area contributed by atoms with Crippen LogP contribution < -0.4 is 23.7 Å². The van der Waals surface area contributed by atoms with E-state index in [1.54, 1.807) is 68.9 Å². The number of hydrogen-bond donors (Lipinski definition) is 1. The first-order chi connectivity index (χ1) is 14.7. The lowest BCUT2D eigenvalue weighted by Crippen LogP contribution is -2.35. The molecule has 0 amide bonds. The predicted octanol–water partition coefficient (Wildman–Crippen LogP) is 3.55. The van der Waals surface area contributed by atoms with Crippen LogP contribution in [0.5, 0.6) is 28.7 Å². The number of aliphatic hydroxyl groups excluding tert-OH is 1. The second kappa shape index (κ2) is 8.92. The number of aromatic nitrogens is 1. The molecule has 7 nitrogen and oxygen atoms in total. The molecule has 0 radical (unpaired) electrons. The molecule has 2 aromatic carbocycles. The van der Waals surface area contributed by atoms with Crippen LogP contribution in [0.3, 0.4) is 0 Å². The lowest BCUT2D eigenvalue weighted by atomic mass is 10.0. The summed E-state index contributed by atoms with van der Waals surface area (Å²) < 4.78 is 27.9. The monoisotopic (exact) mass is 409 g/mol. The number of aliphatic hydroxyl groups is 1. The molecule has 0 saturated heterocycles. The third-order valence-electron chi connectivity index (χ3n) is 4.81. The van der Waals surface area contributed by atoms with Gasteiger partial charge in [-0.15, -0.1) is 0 Å². The molecule has 2 atom stereocenters. The third kappa shape index (κ3) is 4.41. The van der Waals surface area contributed by atoms with Gasteiger partial charge in [0.15, 0.2) is 6.10 Å². The molecule has 30 heavy (non-hydrogen) atoms. The zero-order chi connectivity index (χ0) is 20.9. The van der Waals surface area contributed by atoms with Crippen LogP contribution in [0.15, 0.2) is 60.8 Å². The predicted molar refractivity (Wildman–Crippen MR) is 109 cm³/mol. The van der Waals surface area contributed by atoms with E-state index in [0.29, 0.717) is 22.8 Å². The van der Waals surface area contributed by atoms with Crippen LogP contribution in [0, 0.1) is 0 Å². The van der Waals surface area contributed by atoms with Crippen LogP contribution in [0.1, 0.15) is 17.4 Å². The minimum absolute atomic E-state index is 0.244. The van der Waals surface area contributed by atoms with Gasteiger partial charge in [0, 0.05) is 17.8 Å². The maximum Gasteiger partial charge on any atom is 0.163 e. The van der Waals surface area contributed by atoms with Gasteiger partial charge >= 0.3 is 0 Å². The highest BCUT2D eigenvalue weighted by Crippen LogP contribution is 2.36. The van der Waals surface area contributed by atoms with Gasteiger partial charge in [-0.1, -0.05) is 0 Å². The van der Waals surface area contributed by atoms with Gasteiger partial charge in [-0.25, -0.2) is 0 Å². The summed E-state index contributed by atoms with van der Waals surface area (Å²) >= 11 is 0. The summed E-state index contributed by atoms with van der Waals surface area (Å²) in [6.07, 6.45) is 0.277. The Morgan fingerprint density at radius 1 is 0.933 bits per heavy atom. The molecule has 0 bridgehead atoms. The number of hydrogen-bond acceptors (Lipinski definition) is 7. The number of nitrogens with zero attached hydrogens (tertiary/aromatic N) is 1. The van der Waals surface area contributed by atoms with E-state index in [2.05, 4.69) is 4.98 Å². The smallest absolute Gasteiger partial charge is 0.163 e. The Morgan fingerprint density at radius 2 is 1.67 bits per heavy atom. The van der Waals surface area contributed by atoms with E-state index in [4.69, 9.17) is 23.7 Å². The van der Waals surface area contributed by atoms with Crippen LogP contribution >= 0.6 is 0 Å². The first-order valence-corrected chi connectivity index (χ1v) is 9.53. The second-order valence-corrected chi connectivity index (χ2v) is 6.76. The molecule has 2 heterocycles. The van der Waals surface area contributed by atoms with E-state index in [-0.39, 0.29) is 13.2 Å². The Kier molecular flexibility index (Phi) is 5.90. The van der Waals surface area contributed by atoms with Gasteiger partial charge in [-0.2, -0.15) is 0 Å². The number of benzene rings is 2. The summed E-state index contributed by atoms with van der Waals surface area (Å²) in [5.74, 6) is 3.30. The van der Waals surface area contributed by atoms with Crippen molar-refractivity contribution in [2.24, 2.45) is 0 Å². The van der Waals surface area contributed by atoms with E-state index >= 15 is 0 Å². The van der Waals surface area contributed by atoms with Gasteiger partial charge in [0.05, 0.1) is 19.9 Å². The van der Waals surface area contributed by atoms with Crippen molar-refractivity contribution < 1.29 is 28.8 Å². The Balaban J connectivity index is 1.44. The highest BCUT2D eigenvalue weighted by molar-refractivity contribution is 5.44. The molecule has 4 rings (SSSR count). The zero-order valence-electron chi connectivity index (χ0n) is 16.8. The minimum atomic E-state index is -0.852. The normalized spacial score (nSPS) is 17.4.